The standard InChI is InChI=1S/C31H34ClN3O4/c1-2-15-37-28-6-4-3-5-24(28)18-34-26-17-27(35(20-26)19-23-7-10-25(32)11-8-23)31(36)33-14-13-22-9-12-29-30(16-22)39-21-38-29/h2-12,16,26-27,34H,1,13-15,17-21H2,(H,33,36)/t26-,27-/m0/s1. The Balaban J connectivity index is 1.21. The van der Waals surface area contributed by atoms with Gasteiger partial charge in [0.05, 0.1) is 6.04 Å². The number of carbonyl (C=O) groups excluding carboxylic acids is 1. The van der Waals surface area contributed by atoms with E-state index in [4.69, 9.17) is 25.8 Å². The van der Waals surface area contributed by atoms with Crippen LogP contribution in [0, 0.1) is 0 Å². The number of likely N-dealkylation sites (tertiary alicyclic amines) is 1. The summed E-state index contributed by atoms with van der Waals surface area (Å²) < 4.78 is 16.7. The second-order valence-corrected chi connectivity index (χ2v) is 10.3. The zero-order valence-corrected chi connectivity index (χ0v) is 22.7. The Bertz CT molecular complexity index is 1280. The average molecular weight is 548 g/mol. The zero-order valence-electron chi connectivity index (χ0n) is 21.9. The molecule has 3 aromatic rings. The summed E-state index contributed by atoms with van der Waals surface area (Å²) in [7, 11) is 0. The molecule has 2 aliphatic rings. The second kappa shape index (κ2) is 13.0. The number of nitrogens with one attached hydrogen (secondary N) is 2. The van der Waals surface area contributed by atoms with E-state index < -0.39 is 0 Å². The normalized spacial score (nSPS) is 18.2. The number of hydrogen-bond acceptors (Lipinski definition) is 6. The Morgan fingerprint density at radius 1 is 1.08 bits per heavy atom. The molecular formula is C31H34ClN3O4. The first kappa shape index (κ1) is 27.1. The summed E-state index contributed by atoms with van der Waals surface area (Å²) in [5, 5.41) is 7.52. The lowest BCUT2D eigenvalue weighted by Crippen LogP contribution is -2.43. The predicted molar refractivity (Wildman–Crippen MR) is 152 cm³/mol. The summed E-state index contributed by atoms with van der Waals surface area (Å²) in [6, 6.07) is 21.7. The monoisotopic (exact) mass is 547 g/mol. The first-order valence-corrected chi connectivity index (χ1v) is 13.7. The van der Waals surface area contributed by atoms with Crippen molar-refractivity contribution < 1.29 is 19.0 Å². The Hall–Kier alpha value is -3.52. The van der Waals surface area contributed by atoms with Gasteiger partial charge in [0.2, 0.25) is 12.7 Å². The third-order valence-electron chi connectivity index (χ3n) is 7.07. The summed E-state index contributed by atoms with van der Waals surface area (Å²) in [6.45, 7) is 7.10. The van der Waals surface area contributed by atoms with Gasteiger partial charge in [0.1, 0.15) is 12.4 Å². The number of carbonyl (C=O) groups is 1. The fourth-order valence-electron chi connectivity index (χ4n) is 5.06. The van der Waals surface area contributed by atoms with Gasteiger partial charge in [0.25, 0.3) is 0 Å². The number of benzene rings is 3. The molecule has 39 heavy (non-hydrogen) atoms. The van der Waals surface area contributed by atoms with Crippen molar-refractivity contribution in [2.24, 2.45) is 0 Å². The average Bonchev–Trinajstić information content (AvgIpc) is 3.59. The van der Waals surface area contributed by atoms with Gasteiger partial charge in [-0.15, -0.1) is 0 Å². The van der Waals surface area contributed by atoms with Crippen molar-refractivity contribution in [1.82, 2.24) is 15.5 Å². The van der Waals surface area contributed by atoms with E-state index in [2.05, 4.69) is 28.2 Å². The highest BCUT2D eigenvalue weighted by Crippen LogP contribution is 2.32. The number of nitrogens with zero attached hydrogens (tertiary/aromatic N) is 1. The molecule has 0 aromatic heterocycles. The minimum Gasteiger partial charge on any atom is -0.489 e. The number of hydrogen-bond donors (Lipinski definition) is 2. The van der Waals surface area contributed by atoms with Crippen molar-refractivity contribution in [3.05, 3.63) is 101 Å². The van der Waals surface area contributed by atoms with Crippen LogP contribution in [0.3, 0.4) is 0 Å². The van der Waals surface area contributed by atoms with Gasteiger partial charge in [0, 0.05) is 42.8 Å². The topological polar surface area (TPSA) is 72.1 Å². The number of fused-ring (bicyclic) bond motifs is 1. The molecule has 1 fully saturated rings. The molecule has 0 saturated carbocycles. The van der Waals surface area contributed by atoms with Crippen LogP contribution in [0.1, 0.15) is 23.1 Å². The molecule has 2 N–H and O–H groups in total. The summed E-state index contributed by atoms with van der Waals surface area (Å²) in [4.78, 5) is 15.6. The highest BCUT2D eigenvalue weighted by Gasteiger charge is 2.36. The van der Waals surface area contributed by atoms with Crippen LogP contribution in [-0.4, -0.2) is 49.4 Å². The maximum atomic E-state index is 13.4. The third-order valence-corrected chi connectivity index (χ3v) is 7.32. The number of halogens is 1. The molecule has 2 atom stereocenters. The number of amides is 1. The van der Waals surface area contributed by atoms with Gasteiger partial charge in [-0.3, -0.25) is 9.69 Å². The molecule has 0 bridgehead atoms. The van der Waals surface area contributed by atoms with E-state index >= 15 is 0 Å². The molecule has 204 valence electrons. The first-order chi connectivity index (χ1) is 19.1. The highest BCUT2D eigenvalue weighted by molar-refractivity contribution is 6.30. The van der Waals surface area contributed by atoms with Crippen molar-refractivity contribution in [1.29, 1.82) is 0 Å². The predicted octanol–water partition coefficient (Wildman–Crippen LogP) is 4.73. The lowest BCUT2D eigenvalue weighted by Gasteiger charge is -2.23. The third kappa shape index (κ3) is 7.12. The smallest absolute Gasteiger partial charge is 0.237 e. The molecule has 3 aromatic carbocycles. The van der Waals surface area contributed by atoms with Gasteiger partial charge < -0.3 is 24.8 Å². The fraction of sp³-hybridized carbons (Fsp3) is 0.323. The van der Waals surface area contributed by atoms with Crippen LogP contribution < -0.4 is 24.8 Å². The maximum Gasteiger partial charge on any atom is 0.237 e. The van der Waals surface area contributed by atoms with E-state index in [9.17, 15) is 4.79 Å². The summed E-state index contributed by atoms with van der Waals surface area (Å²) >= 11 is 6.10. The van der Waals surface area contributed by atoms with Gasteiger partial charge in [-0.1, -0.05) is 60.7 Å². The van der Waals surface area contributed by atoms with Crippen molar-refractivity contribution in [3.63, 3.8) is 0 Å². The van der Waals surface area contributed by atoms with Crippen LogP contribution >= 0.6 is 11.6 Å². The minimum absolute atomic E-state index is 0.0451. The molecule has 2 aliphatic heterocycles. The van der Waals surface area contributed by atoms with E-state index in [0.717, 1.165) is 53.3 Å². The number of ether oxygens (including phenoxy) is 3. The summed E-state index contributed by atoms with van der Waals surface area (Å²) in [5.74, 6) is 2.41. The van der Waals surface area contributed by atoms with Crippen LogP contribution in [-0.2, 0) is 24.3 Å². The van der Waals surface area contributed by atoms with E-state index in [1.165, 1.54) is 0 Å². The molecule has 5 rings (SSSR count). The molecule has 8 heteroatoms. The molecule has 1 saturated heterocycles. The van der Waals surface area contributed by atoms with Gasteiger partial charge in [-0.25, -0.2) is 0 Å². The van der Waals surface area contributed by atoms with Gasteiger partial charge in [0.15, 0.2) is 11.5 Å². The Labute approximate surface area is 234 Å². The highest BCUT2D eigenvalue weighted by atomic mass is 35.5. The molecule has 1 amide bonds. The van der Waals surface area contributed by atoms with Gasteiger partial charge in [-0.05, 0) is 54.3 Å². The van der Waals surface area contributed by atoms with Crippen LogP contribution in [0.25, 0.3) is 0 Å². The Morgan fingerprint density at radius 3 is 2.72 bits per heavy atom. The van der Waals surface area contributed by atoms with Gasteiger partial charge >= 0.3 is 0 Å². The molecular weight excluding hydrogens is 514 g/mol. The summed E-state index contributed by atoms with van der Waals surface area (Å²) in [6.07, 6.45) is 3.18. The SMILES string of the molecule is C=CCOc1ccccc1CN[C@H]1C[C@@H](C(=O)NCCc2ccc3c(c2)OCO3)N(Cc2ccc(Cl)cc2)C1. The second-order valence-electron chi connectivity index (χ2n) is 9.82. The van der Waals surface area contributed by atoms with Crippen LogP contribution in [0.5, 0.6) is 17.2 Å². The molecule has 0 unspecified atom stereocenters. The number of para-hydroxylation sites is 1. The zero-order chi connectivity index (χ0) is 27.0. The van der Waals surface area contributed by atoms with Crippen LogP contribution in [0.4, 0.5) is 0 Å². The van der Waals surface area contributed by atoms with E-state index in [0.29, 0.717) is 31.3 Å². The number of rotatable bonds is 12. The molecule has 7 nitrogen and oxygen atoms in total. The molecule has 0 aliphatic carbocycles. The van der Waals surface area contributed by atoms with Crippen molar-refractivity contribution in [2.45, 2.75) is 38.0 Å². The van der Waals surface area contributed by atoms with Crippen molar-refractivity contribution in [2.75, 3.05) is 26.5 Å². The van der Waals surface area contributed by atoms with E-state index in [1.54, 1.807) is 6.08 Å². The molecule has 2 heterocycles. The van der Waals surface area contributed by atoms with E-state index in [1.807, 2.05) is 60.7 Å². The lowest BCUT2D eigenvalue weighted by molar-refractivity contribution is -0.125. The quantitative estimate of drug-likeness (QED) is 0.320. The fourth-order valence-corrected chi connectivity index (χ4v) is 5.19. The summed E-state index contributed by atoms with van der Waals surface area (Å²) in [5.41, 5.74) is 3.31. The largest absolute Gasteiger partial charge is 0.489 e. The van der Waals surface area contributed by atoms with Crippen molar-refractivity contribution in [3.8, 4) is 17.2 Å². The maximum absolute atomic E-state index is 13.4. The van der Waals surface area contributed by atoms with Gasteiger partial charge in [-0.2, -0.15) is 0 Å². The van der Waals surface area contributed by atoms with E-state index in [-0.39, 0.29) is 24.8 Å². The van der Waals surface area contributed by atoms with Crippen LogP contribution in [0.15, 0.2) is 79.4 Å². The van der Waals surface area contributed by atoms with Crippen LogP contribution in [0.2, 0.25) is 5.02 Å². The minimum atomic E-state index is -0.234. The Morgan fingerprint density at radius 2 is 1.87 bits per heavy atom. The Kier molecular flexibility index (Phi) is 9.04. The first-order valence-electron chi connectivity index (χ1n) is 13.3. The molecule has 0 spiro atoms. The lowest BCUT2D eigenvalue weighted by atomic mass is 10.1. The van der Waals surface area contributed by atoms with Crippen molar-refractivity contribution >= 4 is 17.5 Å². The molecule has 0 radical (unpaired) electrons.